The highest BCUT2D eigenvalue weighted by atomic mass is 16.5. The van der Waals surface area contributed by atoms with Gasteiger partial charge in [-0.3, -0.25) is 0 Å². The summed E-state index contributed by atoms with van der Waals surface area (Å²) in [6.45, 7) is 3.80. The first-order valence-corrected chi connectivity index (χ1v) is 4.58. The molecule has 1 rings (SSSR count). The Bertz CT molecular complexity index is 377. The van der Waals surface area contributed by atoms with Crippen LogP contribution < -0.4 is 10.5 Å². The Morgan fingerprint density at radius 2 is 2.27 bits per heavy atom. The molecule has 0 bridgehead atoms. The maximum atomic E-state index is 11.5. The van der Waals surface area contributed by atoms with Crippen molar-refractivity contribution in [3.63, 3.8) is 0 Å². The summed E-state index contributed by atoms with van der Waals surface area (Å²) in [5.74, 6) is -0.211. The van der Waals surface area contributed by atoms with Gasteiger partial charge in [0, 0.05) is 5.69 Å². The molecule has 1 aromatic rings. The Morgan fingerprint density at radius 1 is 1.60 bits per heavy atom. The Balaban J connectivity index is 3.17. The summed E-state index contributed by atoms with van der Waals surface area (Å²) in [4.78, 5) is 15.5. The molecule has 2 N–H and O–H groups in total. The highest BCUT2D eigenvalue weighted by Gasteiger charge is 2.16. The number of nitrogens with zero attached hydrogens (tertiary/aromatic N) is 1. The second-order valence-electron chi connectivity index (χ2n) is 2.95. The van der Waals surface area contributed by atoms with Crippen LogP contribution in [-0.4, -0.2) is 24.7 Å². The monoisotopic (exact) mass is 210 g/mol. The molecule has 0 radical (unpaired) electrons. The van der Waals surface area contributed by atoms with Gasteiger partial charge >= 0.3 is 5.97 Å². The first kappa shape index (κ1) is 11.3. The van der Waals surface area contributed by atoms with Crippen molar-refractivity contribution in [1.82, 2.24) is 4.98 Å². The van der Waals surface area contributed by atoms with Gasteiger partial charge in [0.2, 0.25) is 5.88 Å². The Labute approximate surface area is 88.2 Å². The number of methoxy groups -OCH3 is 1. The average Bonchev–Trinajstić information content (AvgIpc) is 2.21. The second-order valence-corrected chi connectivity index (χ2v) is 2.95. The summed E-state index contributed by atoms with van der Waals surface area (Å²) < 4.78 is 9.81. The molecule has 0 spiro atoms. The van der Waals surface area contributed by atoms with Gasteiger partial charge in [-0.1, -0.05) is 0 Å². The molecule has 0 aliphatic carbocycles. The van der Waals surface area contributed by atoms with Crippen LogP contribution >= 0.6 is 0 Å². The van der Waals surface area contributed by atoms with Crippen LogP contribution in [0.4, 0.5) is 5.69 Å². The number of esters is 1. The fraction of sp³-hybridized carbons (Fsp3) is 0.400. The molecule has 15 heavy (non-hydrogen) atoms. The number of carbonyl (C=O) groups excluding carboxylic acids is 1. The van der Waals surface area contributed by atoms with Crippen LogP contribution in [0.3, 0.4) is 0 Å². The molecule has 0 fully saturated rings. The van der Waals surface area contributed by atoms with Gasteiger partial charge in [0.1, 0.15) is 5.69 Å². The van der Waals surface area contributed by atoms with Gasteiger partial charge in [0.15, 0.2) is 0 Å². The third-order valence-electron chi connectivity index (χ3n) is 1.84. The van der Waals surface area contributed by atoms with Crippen molar-refractivity contribution in [3.8, 4) is 5.88 Å². The number of carbonyl (C=O) groups is 1. The Kier molecular flexibility index (Phi) is 3.49. The number of anilines is 1. The lowest BCUT2D eigenvalue weighted by molar-refractivity contribution is 0.0527. The van der Waals surface area contributed by atoms with Crippen molar-refractivity contribution in [1.29, 1.82) is 0 Å². The van der Waals surface area contributed by atoms with E-state index in [1.54, 1.807) is 19.9 Å². The minimum absolute atomic E-state index is 0.210. The maximum absolute atomic E-state index is 11.5. The maximum Gasteiger partial charge on any atom is 0.340 e. The summed E-state index contributed by atoms with van der Waals surface area (Å²) in [6, 6.07) is 1.58. The van der Waals surface area contributed by atoms with Crippen molar-refractivity contribution >= 4 is 11.7 Å². The van der Waals surface area contributed by atoms with E-state index >= 15 is 0 Å². The Hall–Kier alpha value is -1.78. The van der Waals surface area contributed by atoms with Crippen molar-refractivity contribution in [3.05, 3.63) is 17.3 Å². The molecular formula is C10H14N2O3. The molecule has 1 heterocycles. The predicted octanol–water partition coefficient (Wildman–Crippen LogP) is 1.16. The number of nitrogens with two attached hydrogens (primary N) is 1. The normalized spacial score (nSPS) is 9.80. The van der Waals surface area contributed by atoms with E-state index in [0.717, 1.165) is 0 Å². The van der Waals surface area contributed by atoms with Crippen LogP contribution in [0.5, 0.6) is 5.88 Å². The Morgan fingerprint density at radius 3 is 2.80 bits per heavy atom. The third kappa shape index (κ3) is 2.37. The number of hydrogen-bond acceptors (Lipinski definition) is 5. The van der Waals surface area contributed by atoms with Crippen molar-refractivity contribution in [2.24, 2.45) is 0 Å². The third-order valence-corrected chi connectivity index (χ3v) is 1.84. The molecule has 0 saturated heterocycles. The van der Waals surface area contributed by atoms with Crippen molar-refractivity contribution in [2.75, 3.05) is 19.5 Å². The molecular weight excluding hydrogens is 196 g/mol. The van der Waals surface area contributed by atoms with Gasteiger partial charge in [-0.25, -0.2) is 9.78 Å². The summed E-state index contributed by atoms with van der Waals surface area (Å²) in [5, 5.41) is 0. The summed E-state index contributed by atoms with van der Waals surface area (Å²) >= 11 is 0. The quantitative estimate of drug-likeness (QED) is 0.757. The molecule has 1 aromatic heterocycles. The smallest absolute Gasteiger partial charge is 0.340 e. The van der Waals surface area contributed by atoms with E-state index in [9.17, 15) is 4.79 Å². The van der Waals surface area contributed by atoms with Gasteiger partial charge < -0.3 is 15.2 Å². The molecule has 82 valence electrons. The zero-order valence-corrected chi connectivity index (χ0v) is 9.03. The lowest BCUT2D eigenvalue weighted by atomic mass is 10.2. The summed E-state index contributed by atoms with van der Waals surface area (Å²) in [6.07, 6.45) is 0. The minimum Gasteiger partial charge on any atom is -0.480 e. The number of hydrogen-bond donors (Lipinski definition) is 1. The first-order chi connectivity index (χ1) is 7.10. The minimum atomic E-state index is -0.459. The number of pyridine rings is 1. The van der Waals surface area contributed by atoms with Gasteiger partial charge in [-0.05, 0) is 19.9 Å². The average molecular weight is 210 g/mol. The van der Waals surface area contributed by atoms with Crippen LogP contribution in [0, 0.1) is 6.92 Å². The van der Waals surface area contributed by atoms with Crippen molar-refractivity contribution < 1.29 is 14.3 Å². The highest BCUT2D eigenvalue weighted by Crippen LogP contribution is 2.24. The number of nitrogen functional groups attached to an aromatic ring is 1. The van der Waals surface area contributed by atoms with E-state index < -0.39 is 5.97 Å². The SMILES string of the molecule is CCOC(=O)c1cc(C)nc(OC)c1N. The molecule has 0 saturated carbocycles. The number of rotatable bonds is 3. The van der Waals surface area contributed by atoms with Crippen LogP contribution in [0.2, 0.25) is 0 Å². The fourth-order valence-corrected chi connectivity index (χ4v) is 1.19. The van der Waals surface area contributed by atoms with E-state index in [4.69, 9.17) is 15.2 Å². The number of aromatic nitrogens is 1. The second kappa shape index (κ2) is 4.63. The molecule has 5 nitrogen and oxygen atoms in total. The molecule has 0 amide bonds. The molecule has 0 aliphatic rings. The van der Waals surface area contributed by atoms with E-state index in [2.05, 4.69) is 4.98 Å². The standard InChI is InChI=1S/C10H14N2O3/c1-4-15-10(13)7-5-6(2)12-9(14-3)8(7)11/h5H,4,11H2,1-3H3. The highest BCUT2D eigenvalue weighted by molar-refractivity contribution is 5.96. The fourth-order valence-electron chi connectivity index (χ4n) is 1.19. The van der Waals surface area contributed by atoms with Gasteiger partial charge in [-0.2, -0.15) is 0 Å². The van der Waals surface area contributed by atoms with Gasteiger partial charge in [-0.15, -0.1) is 0 Å². The topological polar surface area (TPSA) is 74.4 Å². The molecule has 0 atom stereocenters. The number of ether oxygens (including phenoxy) is 2. The zero-order chi connectivity index (χ0) is 11.4. The van der Waals surface area contributed by atoms with Gasteiger partial charge in [0.25, 0.3) is 0 Å². The lowest BCUT2D eigenvalue weighted by Crippen LogP contribution is -2.10. The van der Waals surface area contributed by atoms with Crippen LogP contribution in [0.15, 0.2) is 6.07 Å². The van der Waals surface area contributed by atoms with Crippen molar-refractivity contribution in [2.45, 2.75) is 13.8 Å². The van der Waals surface area contributed by atoms with E-state index in [-0.39, 0.29) is 11.6 Å². The van der Waals surface area contributed by atoms with E-state index in [0.29, 0.717) is 17.9 Å². The summed E-state index contributed by atoms with van der Waals surface area (Å²) in [5.41, 5.74) is 6.86. The van der Waals surface area contributed by atoms with E-state index in [1.165, 1.54) is 7.11 Å². The van der Waals surface area contributed by atoms with E-state index in [1.807, 2.05) is 0 Å². The molecule has 0 unspecified atom stereocenters. The zero-order valence-electron chi connectivity index (χ0n) is 9.03. The van der Waals surface area contributed by atoms with Crippen LogP contribution in [0.25, 0.3) is 0 Å². The largest absolute Gasteiger partial charge is 0.480 e. The lowest BCUT2D eigenvalue weighted by Gasteiger charge is -2.09. The van der Waals surface area contributed by atoms with Crippen LogP contribution in [-0.2, 0) is 4.74 Å². The molecule has 0 aliphatic heterocycles. The van der Waals surface area contributed by atoms with Gasteiger partial charge in [0.05, 0.1) is 19.3 Å². The number of aryl methyl sites for hydroxylation is 1. The van der Waals surface area contributed by atoms with Crippen LogP contribution in [0.1, 0.15) is 23.0 Å². The summed E-state index contributed by atoms with van der Waals surface area (Å²) in [7, 11) is 1.45. The molecule has 5 heteroatoms. The first-order valence-electron chi connectivity index (χ1n) is 4.58. The molecule has 0 aromatic carbocycles. The predicted molar refractivity (Wildman–Crippen MR) is 55.9 cm³/mol.